The molecule has 102 valence electrons. The molecule has 0 saturated carbocycles. The Kier molecular flexibility index (Phi) is 3.67. The smallest absolute Gasteiger partial charge is 0.282 e. The first kappa shape index (κ1) is 15.2. The summed E-state index contributed by atoms with van der Waals surface area (Å²) in [7, 11) is -4.20. The van der Waals surface area contributed by atoms with Crippen molar-refractivity contribution in [3.05, 3.63) is 29.3 Å². The maximum atomic E-state index is 11.5. The van der Waals surface area contributed by atoms with Crippen molar-refractivity contribution < 1.29 is 13.0 Å². The molecule has 1 aromatic carbocycles. The van der Waals surface area contributed by atoms with Gasteiger partial charge in [-0.3, -0.25) is 4.55 Å². The average Bonchev–Trinajstić information content (AvgIpc) is 2.12. The molecule has 0 amide bonds. The van der Waals surface area contributed by atoms with E-state index in [2.05, 4.69) is 0 Å². The molecular formula is C14H22O3S. The second kappa shape index (κ2) is 4.35. The normalized spacial score (nSPS) is 13.7. The monoisotopic (exact) mass is 270 g/mol. The van der Waals surface area contributed by atoms with E-state index in [-0.39, 0.29) is 15.7 Å². The molecule has 18 heavy (non-hydrogen) atoms. The molecule has 0 atom stereocenters. The van der Waals surface area contributed by atoms with E-state index in [9.17, 15) is 13.0 Å². The topological polar surface area (TPSA) is 54.4 Å². The highest BCUT2D eigenvalue weighted by Gasteiger charge is 2.26. The SMILES string of the molecule is CC(C)(C)c1ccc(C(C)(C)C)c(S(=O)(=O)O)c1. The van der Waals surface area contributed by atoms with Gasteiger partial charge in [0.2, 0.25) is 0 Å². The zero-order valence-electron chi connectivity index (χ0n) is 11.9. The predicted octanol–water partition coefficient (Wildman–Crippen LogP) is 3.53. The van der Waals surface area contributed by atoms with Crippen LogP contribution in [0.4, 0.5) is 0 Å². The molecule has 0 aromatic heterocycles. The van der Waals surface area contributed by atoms with Crippen molar-refractivity contribution in [1.29, 1.82) is 0 Å². The van der Waals surface area contributed by atoms with E-state index in [4.69, 9.17) is 0 Å². The fraction of sp³-hybridized carbons (Fsp3) is 0.571. The predicted molar refractivity (Wildman–Crippen MR) is 73.7 cm³/mol. The third-order valence-electron chi connectivity index (χ3n) is 2.93. The minimum absolute atomic E-state index is 0.0161. The van der Waals surface area contributed by atoms with E-state index in [1.165, 1.54) is 0 Å². The molecule has 1 N–H and O–H groups in total. The lowest BCUT2D eigenvalue weighted by Gasteiger charge is -2.25. The highest BCUT2D eigenvalue weighted by atomic mass is 32.2. The van der Waals surface area contributed by atoms with Gasteiger partial charge in [-0.1, -0.05) is 53.7 Å². The lowest BCUT2D eigenvalue weighted by atomic mass is 9.82. The van der Waals surface area contributed by atoms with Crippen molar-refractivity contribution in [3.63, 3.8) is 0 Å². The maximum Gasteiger partial charge on any atom is 0.294 e. The summed E-state index contributed by atoms with van der Waals surface area (Å²) in [6.07, 6.45) is 0. The first-order chi connectivity index (χ1) is 7.83. The van der Waals surface area contributed by atoms with Crippen molar-refractivity contribution >= 4 is 10.1 Å². The molecule has 0 aliphatic heterocycles. The summed E-state index contributed by atoms with van der Waals surface area (Å²) in [4.78, 5) is 0.0161. The standard InChI is InChI=1S/C14H22O3S/c1-13(2,3)10-7-8-11(14(4,5)6)12(9-10)18(15,16)17/h7-9H,1-6H3,(H,15,16,17). The Morgan fingerprint density at radius 3 is 1.78 bits per heavy atom. The quantitative estimate of drug-likeness (QED) is 0.794. The van der Waals surface area contributed by atoms with Crippen molar-refractivity contribution in [2.45, 2.75) is 57.3 Å². The number of hydrogen-bond donors (Lipinski definition) is 1. The van der Waals surface area contributed by atoms with Gasteiger partial charge >= 0.3 is 0 Å². The van der Waals surface area contributed by atoms with E-state index < -0.39 is 10.1 Å². The van der Waals surface area contributed by atoms with Gasteiger partial charge in [0.15, 0.2) is 0 Å². The van der Waals surface area contributed by atoms with Crippen LogP contribution in [-0.2, 0) is 20.9 Å². The van der Waals surface area contributed by atoms with Crippen LogP contribution in [0.1, 0.15) is 52.7 Å². The number of hydrogen-bond acceptors (Lipinski definition) is 2. The Balaban J connectivity index is 3.61. The van der Waals surface area contributed by atoms with Gasteiger partial charge in [-0.2, -0.15) is 8.42 Å². The number of rotatable bonds is 1. The number of benzene rings is 1. The Labute approximate surface area is 110 Å². The van der Waals surface area contributed by atoms with Crippen LogP contribution < -0.4 is 0 Å². The minimum Gasteiger partial charge on any atom is -0.282 e. The molecule has 4 heteroatoms. The van der Waals surface area contributed by atoms with Gasteiger partial charge in [0.25, 0.3) is 10.1 Å². The second-order valence-electron chi connectivity index (χ2n) is 6.69. The molecule has 0 fully saturated rings. The van der Waals surface area contributed by atoms with Crippen LogP contribution in [0.25, 0.3) is 0 Å². The van der Waals surface area contributed by atoms with Gasteiger partial charge in [0, 0.05) is 0 Å². The molecule has 1 rings (SSSR count). The van der Waals surface area contributed by atoms with E-state index in [1.807, 2.05) is 47.6 Å². The highest BCUT2D eigenvalue weighted by Crippen LogP contribution is 2.32. The summed E-state index contributed by atoms with van der Waals surface area (Å²) in [5.74, 6) is 0. The molecule has 0 saturated heterocycles. The fourth-order valence-corrected chi connectivity index (χ4v) is 2.75. The summed E-state index contributed by atoms with van der Waals surface area (Å²) in [6, 6.07) is 5.30. The summed E-state index contributed by atoms with van der Waals surface area (Å²) >= 11 is 0. The second-order valence-corrected chi connectivity index (χ2v) is 8.08. The minimum atomic E-state index is -4.20. The van der Waals surface area contributed by atoms with E-state index in [0.717, 1.165) is 5.56 Å². The zero-order chi connectivity index (χ0) is 14.4. The first-order valence-corrected chi connectivity index (χ1v) is 7.40. The van der Waals surface area contributed by atoms with Crippen LogP contribution in [0.15, 0.2) is 23.1 Å². The Hall–Kier alpha value is -0.870. The summed E-state index contributed by atoms with van der Waals surface area (Å²) in [5, 5.41) is 0. The van der Waals surface area contributed by atoms with Crippen LogP contribution >= 0.6 is 0 Å². The highest BCUT2D eigenvalue weighted by molar-refractivity contribution is 7.85. The van der Waals surface area contributed by atoms with Crippen molar-refractivity contribution in [2.75, 3.05) is 0 Å². The molecule has 0 heterocycles. The molecule has 0 unspecified atom stereocenters. The summed E-state index contributed by atoms with van der Waals surface area (Å²) in [5.41, 5.74) is 1.04. The summed E-state index contributed by atoms with van der Waals surface area (Å²) in [6.45, 7) is 11.8. The van der Waals surface area contributed by atoms with Crippen molar-refractivity contribution in [3.8, 4) is 0 Å². The lowest BCUT2D eigenvalue weighted by molar-refractivity contribution is 0.475. The fourth-order valence-electron chi connectivity index (χ4n) is 1.82. The van der Waals surface area contributed by atoms with Gasteiger partial charge in [0.1, 0.15) is 0 Å². The third-order valence-corrected chi connectivity index (χ3v) is 3.83. The third kappa shape index (κ3) is 3.33. The maximum absolute atomic E-state index is 11.5. The van der Waals surface area contributed by atoms with E-state index in [0.29, 0.717) is 5.56 Å². The van der Waals surface area contributed by atoms with Gasteiger partial charge in [-0.15, -0.1) is 0 Å². The molecule has 0 radical (unpaired) electrons. The molecular weight excluding hydrogens is 248 g/mol. The Morgan fingerprint density at radius 2 is 1.44 bits per heavy atom. The van der Waals surface area contributed by atoms with E-state index >= 15 is 0 Å². The van der Waals surface area contributed by atoms with Crippen LogP contribution in [0.5, 0.6) is 0 Å². The Bertz CT molecular complexity index is 543. The Morgan fingerprint density at radius 1 is 0.944 bits per heavy atom. The van der Waals surface area contributed by atoms with Gasteiger partial charge in [0.05, 0.1) is 4.90 Å². The molecule has 0 aliphatic carbocycles. The van der Waals surface area contributed by atoms with Crippen molar-refractivity contribution in [1.82, 2.24) is 0 Å². The van der Waals surface area contributed by atoms with Crippen LogP contribution in [0.2, 0.25) is 0 Å². The summed E-state index contributed by atoms with van der Waals surface area (Å²) < 4.78 is 32.5. The lowest BCUT2D eigenvalue weighted by Crippen LogP contribution is -2.19. The largest absolute Gasteiger partial charge is 0.294 e. The van der Waals surface area contributed by atoms with Crippen LogP contribution in [0.3, 0.4) is 0 Å². The molecule has 3 nitrogen and oxygen atoms in total. The zero-order valence-corrected chi connectivity index (χ0v) is 12.7. The average molecular weight is 270 g/mol. The molecule has 0 bridgehead atoms. The van der Waals surface area contributed by atoms with Gasteiger partial charge in [-0.05, 0) is 28.0 Å². The van der Waals surface area contributed by atoms with Crippen molar-refractivity contribution in [2.24, 2.45) is 0 Å². The van der Waals surface area contributed by atoms with Crippen LogP contribution in [0, 0.1) is 0 Å². The molecule has 0 spiro atoms. The first-order valence-electron chi connectivity index (χ1n) is 5.96. The van der Waals surface area contributed by atoms with Crippen LogP contribution in [-0.4, -0.2) is 13.0 Å². The molecule has 0 aliphatic rings. The van der Waals surface area contributed by atoms with Gasteiger partial charge in [-0.25, -0.2) is 0 Å². The molecule has 1 aromatic rings. The van der Waals surface area contributed by atoms with E-state index in [1.54, 1.807) is 12.1 Å². The van der Waals surface area contributed by atoms with Gasteiger partial charge < -0.3 is 0 Å².